The smallest absolute Gasteiger partial charge is 0.317 e. The van der Waals surface area contributed by atoms with Crippen molar-refractivity contribution in [1.29, 1.82) is 0 Å². The number of carbonyl (C=O) groups excluding carboxylic acids is 1. The van der Waals surface area contributed by atoms with Crippen LogP contribution in [-0.2, 0) is 6.42 Å². The Labute approximate surface area is 122 Å². The first-order chi connectivity index (χ1) is 9.72. The fourth-order valence-corrected chi connectivity index (χ4v) is 2.18. The molecule has 0 saturated carbocycles. The summed E-state index contributed by atoms with van der Waals surface area (Å²) < 4.78 is 5.30. The second kappa shape index (κ2) is 9.23. The number of urea groups is 1. The fourth-order valence-electron chi connectivity index (χ4n) is 2.18. The maximum atomic E-state index is 12.1. The van der Waals surface area contributed by atoms with Crippen LogP contribution in [0.4, 0.5) is 4.79 Å². The summed E-state index contributed by atoms with van der Waals surface area (Å²) in [6.45, 7) is 6.43. The highest BCUT2D eigenvalue weighted by Gasteiger charge is 2.10. The molecule has 0 aliphatic carbocycles. The fraction of sp³-hybridized carbons (Fsp3) is 0.562. The molecular formula is C16H26N2O2. The lowest BCUT2D eigenvalue weighted by atomic mass is 10.1. The Balaban J connectivity index is 2.44. The topological polar surface area (TPSA) is 41.6 Å². The van der Waals surface area contributed by atoms with Gasteiger partial charge in [0.25, 0.3) is 0 Å². The average molecular weight is 278 g/mol. The lowest BCUT2D eigenvalue weighted by Gasteiger charge is -2.22. The van der Waals surface area contributed by atoms with E-state index in [0.717, 1.165) is 43.7 Å². The van der Waals surface area contributed by atoms with Gasteiger partial charge in [-0.15, -0.1) is 0 Å². The summed E-state index contributed by atoms with van der Waals surface area (Å²) in [6.07, 6.45) is 2.75. The third-order valence-corrected chi connectivity index (χ3v) is 3.14. The van der Waals surface area contributed by atoms with Crippen LogP contribution in [0.15, 0.2) is 24.3 Å². The van der Waals surface area contributed by atoms with Crippen LogP contribution in [0, 0.1) is 0 Å². The van der Waals surface area contributed by atoms with Crippen LogP contribution in [0.25, 0.3) is 0 Å². The minimum Gasteiger partial charge on any atom is -0.496 e. The van der Waals surface area contributed by atoms with Gasteiger partial charge in [-0.25, -0.2) is 4.79 Å². The van der Waals surface area contributed by atoms with E-state index in [-0.39, 0.29) is 6.03 Å². The molecule has 1 N–H and O–H groups in total. The van der Waals surface area contributed by atoms with Crippen LogP contribution >= 0.6 is 0 Å². The van der Waals surface area contributed by atoms with Crippen molar-refractivity contribution < 1.29 is 9.53 Å². The maximum Gasteiger partial charge on any atom is 0.317 e. The predicted octanol–water partition coefficient (Wildman–Crippen LogP) is 3.07. The van der Waals surface area contributed by atoms with Crippen molar-refractivity contribution in [1.82, 2.24) is 10.2 Å². The Hall–Kier alpha value is -1.71. The second-order valence-electron chi connectivity index (χ2n) is 4.78. The van der Waals surface area contributed by atoms with Gasteiger partial charge in [0.05, 0.1) is 7.11 Å². The maximum absolute atomic E-state index is 12.1. The summed E-state index contributed by atoms with van der Waals surface area (Å²) in [7, 11) is 1.67. The molecule has 0 aromatic heterocycles. The minimum atomic E-state index is 0.0311. The van der Waals surface area contributed by atoms with Gasteiger partial charge in [0.15, 0.2) is 0 Å². The van der Waals surface area contributed by atoms with Gasteiger partial charge in [-0.1, -0.05) is 32.0 Å². The summed E-state index contributed by atoms with van der Waals surface area (Å²) in [5.41, 5.74) is 1.12. The number of hydrogen-bond donors (Lipinski definition) is 1. The first-order valence-electron chi connectivity index (χ1n) is 7.37. The zero-order valence-electron chi connectivity index (χ0n) is 12.8. The summed E-state index contributed by atoms with van der Waals surface area (Å²) in [5, 5.41) is 2.98. The largest absolute Gasteiger partial charge is 0.496 e. The van der Waals surface area contributed by atoms with Gasteiger partial charge in [-0.2, -0.15) is 0 Å². The van der Waals surface area contributed by atoms with E-state index in [1.807, 2.05) is 29.2 Å². The van der Waals surface area contributed by atoms with E-state index >= 15 is 0 Å². The highest BCUT2D eigenvalue weighted by molar-refractivity contribution is 5.74. The van der Waals surface area contributed by atoms with E-state index in [0.29, 0.717) is 6.54 Å². The monoisotopic (exact) mass is 278 g/mol. The third kappa shape index (κ3) is 5.11. The van der Waals surface area contributed by atoms with Gasteiger partial charge < -0.3 is 15.0 Å². The molecule has 4 heteroatoms. The molecule has 1 rings (SSSR count). The SMILES string of the molecule is CCCN(CCC)C(=O)NCCc1ccccc1OC. The van der Waals surface area contributed by atoms with Gasteiger partial charge in [0.2, 0.25) is 0 Å². The normalized spacial score (nSPS) is 10.2. The number of para-hydroxylation sites is 1. The molecule has 0 bridgehead atoms. The molecule has 0 aliphatic rings. The van der Waals surface area contributed by atoms with Crippen LogP contribution in [0.1, 0.15) is 32.3 Å². The number of nitrogens with zero attached hydrogens (tertiary/aromatic N) is 1. The van der Waals surface area contributed by atoms with Gasteiger partial charge in [0.1, 0.15) is 5.75 Å². The number of rotatable bonds is 8. The van der Waals surface area contributed by atoms with Crippen LogP contribution in [0.3, 0.4) is 0 Å². The Bertz CT molecular complexity index is 401. The molecule has 0 saturated heterocycles. The van der Waals surface area contributed by atoms with Crippen molar-refractivity contribution in [3.05, 3.63) is 29.8 Å². The highest BCUT2D eigenvalue weighted by Crippen LogP contribution is 2.17. The van der Waals surface area contributed by atoms with Gasteiger partial charge in [-0.05, 0) is 30.9 Å². The molecule has 0 heterocycles. The van der Waals surface area contributed by atoms with Gasteiger partial charge in [0, 0.05) is 19.6 Å². The van der Waals surface area contributed by atoms with Crippen LogP contribution in [-0.4, -0.2) is 37.7 Å². The molecule has 0 spiro atoms. The molecule has 0 fully saturated rings. The molecule has 0 aliphatic heterocycles. The lowest BCUT2D eigenvalue weighted by molar-refractivity contribution is 0.198. The van der Waals surface area contributed by atoms with Crippen molar-refractivity contribution in [2.45, 2.75) is 33.1 Å². The Morgan fingerprint density at radius 2 is 1.85 bits per heavy atom. The molecule has 112 valence electrons. The molecule has 1 aromatic carbocycles. The molecule has 1 aromatic rings. The molecule has 0 radical (unpaired) electrons. The lowest BCUT2D eigenvalue weighted by Crippen LogP contribution is -2.41. The van der Waals surface area contributed by atoms with Gasteiger partial charge >= 0.3 is 6.03 Å². The van der Waals surface area contributed by atoms with E-state index in [2.05, 4.69) is 19.2 Å². The molecular weight excluding hydrogens is 252 g/mol. The first kappa shape index (κ1) is 16.3. The predicted molar refractivity (Wildman–Crippen MR) is 82.3 cm³/mol. The molecule has 0 atom stereocenters. The molecule has 4 nitrogen and oxygen atoms in total. The van der Waals surface area contributed by atoms with E-state index in [4.69, 9.17) is 4.74 Å². The van der Waals surface area contributed by atoms with E-state index < -0.39 is 0 Å². The standard InChI is InChI=1S/C16H26N2O2/c1-4-12-18(13-5-2)16(19)17-11-10-14-8-6-7-9-15(14)20-3/h6-9H,4-5,10-13H2,1-3H3,(H,17,19). The van der Waals surface area contributed by atoms with E-state index in [9.17, 15) is 4.79 Å². The molecule has 2 amide bonds. The van der Waals surface area contributed by atoms with Crippen molar-refractivity contribution in [2.24, 2.45) is 0 Å². The van der Waals surface area contributed by atoms with Crippen molar-refractivity contribution in [3.8, 4) is 5.75 Å². The second-order valence-corrected chi connectivity index (χ2v) is 4.78. The Morgan fingerprint density at radius 1 is 1.20 bits per heavy atom. The van der Waals surface area contributed by atoms with Crippen molar-refractivity contribution in [3.63, 3.8) is 0 Å². The van der Waals surface area contributed by atoms with Gasteiger partial charge in [-0.3, -0.25) is 0 Å². The van der Waals surface area contributed by atoms with E-state index in [1.165, 1.54) is 0 Å². The third-order valence-electron chi connectivity index (χ3n) is 3.14. The zero-order chi connectivity index (χ0) is 14.8. The van der Waals surface area contributed by atoms with Crippen molar-refractivity contribution in [2.75, 3.05) is 26.7 Å². The number of benzene rings is 1. The number of ether oxygens (including phenoxy) is 1. The van der Waals surface area contributed by atoms with Crippen LogP contribution in [0.5, 0.6) is 5.75 Å². The van der Waals surface area contributed by atoms with Crippen LogP contribution in [0.2, 0.25) is 0 Å². The highest BCUT2D eigenvalue weighted by atomic mass is 16.5. The summed E-state index contributed by atoms with van der Waals surface area (Å²) >= 11 is 0. The summed E-state index contributed by atoms with van der Waals surface area (Å²) in [4.78, 5) is 13.9. The Morgan fingerprint density at radius 3 is 2.45 bits per heavy atom. The number of amides is 2. The van der Waals surface area contributed by atoms with Crippen LogP contribution < -0.4 is 10.1 Å². The minimum absolute atomic E-state index is 0.0311. The van der Waals surface area contributed by atoms with E-state index in [1.54, 1.807) is 7.11 Å². The number of nitrogens with one attached hydrogen (secondary N) is 1. The first-order valence-corrected chi connectivity index (χ1v) is 7.37. The number of methoxy groups -OCH3 is 1. The zero-order valence-corrected chi connectivity index (χ0v) is 12.8. The number of hydrogen-bond acceptors (Lipinski definition) is 2. The number of carbonyl (C=O) groups is 1. The quantitative estimate of drug-likeness (QED) is 0.794. The van der Waals surface area contributed by atoms with Crippen molar-refractivity contribution >= 4 is 6.03 Å². The summed E-state index contributed by atoms with van der Waals surface area (Å²) in [6, 6.07) is 7.94. The molecule has 20 heavy (non-hydrogen) atoms. The Kier molecular flexibility index (Phi) is 7.55. The summed E-state index contributed by atoms with van der Waals surface area (Å²) in [5.74, 6) is 0.876. The average Bonchev–Trinajstić information content (AvgIpc) is 2.47. The molecule has 0 unspecified atom stereocenters.